The third kappa shape index (κ3) is 5.32. The number of nitrogens with zero attached hydrogens (tertiary/aromatic N) is 1. The van der Waals surface area contributed by atoms with Gasteiger partial charge in [0.25, 0.3) is 0 Å². The van der Waals surface area contributed by atoms with Crippen LogP contribution in [0.4, 0.5) is 0 Å². The minimum absolute atomic E-state index is 0.281. The van der Waals surface area contributed by atoms with E-state index in [2.05, 4.69) is 27.7 Å². The molecule has 1 aromatic rings. The molecule has 0 aromatic heterocycles. The Balaban J connectivity index is 2.62. The Bertz CT molecular complexity index is 350. The Morgan fingerprint density at radius 2 is 1.56 bits per heavy atom. The molecule has 0 atom stereocenters. The molecule has 0 aliphatic carbocycles. The van der Waals surface area contributed by atoms with Crippen molar-refractivity contribution < 1.29 is 9.63 Å². The molecule has 1 aromatic carbocycles. The summed E-state index contributed by atoms with van der Waals surface area (Å²) in [5, 5.41) is 1.77. The van der Waals surface area contributed by atoms with Crippen LogP contribution in [0.25, 0.3) is 0 Å². The lowest BCUT2D eigenvalue weighted by molar-refractivity contribution is -0.121. The fourth-order valence-corrected chi connectivity index (χ4v) is 1.71. The highest BCUT2D eigenvalue weighted by Gasteiger charge is 2.15. The van der Waals surface area contributed by atoms with Crippen LogP contribution in [0.3, 0.4) is 0 Å². The van der Waals surface area contributed by atoms with Crippen molar-refractivity contribution in [2.24, 2.45) is 11.8 Å². The Hall–Kier alpha value is -1.35. The number of carbonyl (C=O) groups excluding carboxylic acids is 1. The molecule has 0 saturated carbocycles. The predicted molar refractivity (Wildman–Crippen MR) is 73.1 cm³/mol. The lowest BCUT2D eigenvalue weighted by Gasteiger charge is -2.24. The van der Waals surface area contributed by atoms with Gasteiger partial charge in [-0.25, -0.2) is 4.79 Å². The molecule has 0 saturated heterocycles. The standard InChI is InChI=1S/C15H23NO2/c1-12(2)10-16(11-13(3)4)18-15(17)14-8-6-5-7-9-14/h5-9,12-13H,10-11H2,1-4H3. The number of hydrogen-bond donors (Lipinski definition) is 0. The summed E-state index contributed by atoms with van der Waals surface area (Å²) >= 11 is 0. The van der Waals surface area contributed by atoms with E-state index in [1.54, 1.807) is 17.2 Å². The van der Waals surface area contributed by atoms with Crippen LogP contribution >= 0.6 is 0 Å². The molecule has 0 fully saturated rings. The molecule has 0 radical (unpaired) electrons. The van der Waals surface area contributed by atoms with Gasteiger partial charge in [0.2, 0.25) is 0 Å². The Morgan fingerprint density at radius 3 is 2.00 bits per heavy atom. The molecule has 0 unspecified atom stereocenters. The van der Waals surface area contributed by atoms with Gasteiger partial charge in [0.1, 0.15) is 0 Å². The Labute approximate surface area is 110 Å². The minimum atomic E-state index is -0.281. The van der Waals surface area contributed by atoms with Gasteiger partial charge in [-0.1, -0.05) is 45.9 Å². The molecule has 0 aliphatic heterocycles. The zero-order valence-corrected chi connectivity index (χ0v) is 11.7. The number of rotatable bonds is 6. The molecule has 0 bridgehead atoms. The van der Waals surface area contributed by atoms with Gasteiger partial charge in [-0.15, -0.1) is 5.06 Å². The summed E-state index contributed by atoms with van der Waals surface area (Å²) in [5.41, 5.74) is 0.593. The van der Waals surface area contributed by atoms with Crippen LogP contribution in [0.5, 0.6) is 0 Å². The van der Waals surface area contributed by atoms with Crippen LogP contribution in [0.15, 0.2) is 30.3 Å². The first-order valence-electron chi connectivity index (χ1n) is 6.51. The van der Waals surface area contributed by atoms with E-state index in [0.717, 1.165) is 13.1 Å². The highest BCUT2D eigenvalue weighted by atomic mass is 16.7. The molecule has 0 aliphatic rings. The van der Waals surface area contributed by atoms with E-state index in [1.165, 1.54) is 0 Å². The second-order valence-corrected chi connectivity index (χ2v) is 5.38. The van der Waals surface area contributed by atoms with Gasteiger partial charge < -0.3 is 4.84 Å². The maximum Gasteiger partial charge on any atom is 0.357 e. The number of hydrogen-bond acceptors (Lipinski definition) is 3. The van der Waals surface area contributed by atoms with Crippen LogP contribution < -0.4 is 0 Å². The average Bonchev–Trinajstić information content (AvgIpc) is 2.28. The zero-order chi connectivity index (χ0) is 13.5. The molecular weight excluding hydrogens is 226 g/mol. The second kappa shape index (κ2) is 7.17. The Morgan fingerprint density at radius 1 is 1.06 bits per heavy atom. The summed E-state index contributed by atoms with van der Waals surface area (Å²) < 4.78 is 0. The van der Waals surface area contributed by atoms with Crippen molar-refractivity contribution in [3.63, 3.8) is 0 Å². The van der Waals surface area contributed by atoms with Crippen molar-refractivity contribution >= 4 is 5.97 Å². The largest absolute Gasteiger partial charge is 0.364 e. The molecule has 0 spiro atoms. The van der Waals surface area contributed by atoms with Crippen molar-refractivity contribution in [1.29, 1.82) is 0 Å². The van der Waals surface area contributed by atoms with Gasteiger partial charge in [0.05, 0.1) is 5.56 Å². The van der Waals surface area contributed by atoms with Crippen LogP contribution in [0.1, 0.15) is 38.1 Å². The summed E-state index contributed by atoms with van der Waals surface area (Å²) in [6.45, 7) is 9.98. The van der Waals surface area contributed by atoms with Gasteiger partial charge in [-0.2, -0.15) is 0 Å². The predicted octanol–water partition coefficient (Wildman–Crippen LogP) is 3.37. The minimum Gasteiger partial charge on any atom is -0.364 e. The first-order valence-corrected chi connectivity index (χ1v) is 6.51. The van der Waals surface area contributed by atoms with Gasteiger partial charge in [-0.05, 0) is 24.0 Å². The second-order valence-electron chi connectivity index (χ2n) is 5.38. The van der Waals surface area contributed by atoms with Crippen molar-refractivity contribution in [3.8, 4) is 0 Å². The third-order valence-electron chi connectivity index (χ3n) is 2.36. The molecule has 1 rings (SSSR count). The van der Waals surface area contributed by atoms with Gasteiger partial charge in [0.15, 0.2) is 0 Å². The molecular formula is C15H23NO2. The van der Waals surface area contributed by atoms with E-state index in [-0.39, 0.29) is 5.97 Å². The fraction of sp³-hybridized carbons (Fsp3) is 0.533. The summed E-state index contributed by atoms with van der Waals surface area (Å²) in [4.78, 5) is 17.4. The maximum atomic E-state index is 12.0. The van der Waals surface area contributed by atoms with Gasteiger partial charge in [0, 0.05) is 13.1 Å². The van der Waals surface area contributed by atoms with Crippen LogP contribution in [-0.2, 0) is 4.84 Å². The number of hydroxylamine groups is 2. The first kappa shape index (κ1) is 14.7. The van der Waals surface area contributed by atoms with E-state index in [9.17, 15) is 4.79 Å². The van der Waals surface area contributed by atoms with Crippen LogP contribution in [0, 0.1) is 11.8 Å². The quantitative estimate of drug-likeness (QED) is 0.724. The Kier molecular flexibility index (Phi) is 5.86. The van der Waals surface area contributed by atoms with E-state index in [1.807, 2.05) is 18.2 Å². The average molecular weight is 249 g/mol. The highest BCUT2D eigenvalue weighted by Crippen LogP contribution is 2.08. The SMILES string of the molecule is CC(C)CN(CC(C)C)OC(=O)c1ccccc1. The zero-order valence-electron chi connectivity index (χ0n) is 11.7. The van der Waals surface area contributed by atoms with Gasteiger partial charge in [-0.3, -0.25) is 0 Å². The third-order valence-corrected chi connectivity index (χ3v) is 2.36. The topological polar surface area (TPSA) is 29.5 Å². The van der Waals surface area contributed by atoms with Crippen molar-refractivity contribution in [2.75, 3.05) is 13.1 Å². The molecule has 0 heterocycles. The highest BCUT2D eigenvalue weighted by molar-refractivity contribution is 5.89. The van der Waals surface area contributed by atoms with Crippen LogP contribution in [0.2, 0.25) is 0 Å². The summed E-state index contributed by atoms with van der Waals surface area (Å²) in [6.07, 6.45) is 0. The summed E-state index contributed by atoms with van der Waals surface area (Å²) in [5.74, 6) is 0.650. The fourth-order valence-electron chi connectivity index (χ4n) is 1.71. The molecule has 3 nitrogen and oxygen atoms in total. The van der Waals surface area contributed by atoms with E-state index < -0.39 is 0 Å². The lowest BCUT2D eigenvalue weighted by Crippen LogP contribution is -2.33. The summed E-state index contributed by atoms with van der Waals surface area (Å²) in [7, 11) is 0. The van der Waals surface area contributed by atoms with Crippen LogP contribution in [-0.4, -0.2) is 24.1 Å². The smallest absolute Gasteiger partial charge is 0.357 e. The van der Waals surface area contributed by atoms with Crippen molar-refractivity contribution in [1.82, 2.24) is 5.06 Å². The van der Waals surface area contributed by atoms with Gasteiger partial charge >= 0.3 is 5.97 Å². The van der Waals surface area contributed by atoms with E-state index in [0.29, 0.717) is 17.4 Å². The molecule has 0 amide bonds. The maximum absolute atomic E-state index is 12.0. The van der Waals surface area contributed by atoms with Crippen molar-refractivity contribution in [3.05, 3.63) is 35.9 Å². The van der Waals surface area contributed by atoms with Crippen molar-refractivity contribution in [2.45, 2.75) is 27.7 Å². The molecule has 18 heavy (non-hydrogen) atoms. The first-order chi connectivity index (χ1) is 8.49. The number of carbonyl (C=O) groups is 1. The van der Waals surface area contributed by atoms with E-state index >= 15 is 0 Å². The van der Waals surface area contributed by atoms with E-state index in [4.69, 9.17) is 4.84 Å². The monoisotopic (exact) mass is 249 g/mol. The molecule has 3 heteroatoms. The summed E-state index contributed by atoms with van der Waals surface area (Å²) in [6, 6.07) is 9.10. The number of benzene rings is 1. The normalized spacial score (nSPS) is 11.3. The molecule has 0 N–H and O–H groups in total. The lowest BCUT2D eigenvalue weighted by atomic mass is 10.2. The molecule has 100 valence electrons.